The van der Waals surface area contributed by atoms with Gasteiger partial charge < -0.3 is 10.5 Å². The summed E-state index contributed by atoms with van der Waals surface area (Å²) in [5.41, 5.74) is 6.99. The maximum absolute atomic E-state index is 13.0. The molecule has 3 heteroatoms. The maximum Gasteiger partial charge on any atom is 0.123 e. The van der Waals surface area contributed by atoms with Crippen molar-refractivity contribution in [3.05, 3.63) is 65.5 Å². The third-order valence-corrected chi connectivity index (χ3v) is 2.48. The van der Waals surface area contributed by atoms with E-state index in [0.717, 1.165) is 16.9 Å². The van der Waals surface area contributed by atoms with Crippen LogP contribution in [0.15, 0.2) is 48.5 Å². The van der Waals surface area contributed by atoms with Crippen LogP contribution in [0, 0.1) is 17.7 Å². The summed E-state index contributed by atoms with van der Waals surface area (Å²) in [7, 11) is 0. The molecule has 19 heavy (non-hydrogen) atoms. The summed E-state index contributed by atoms with van der Waals surface area (Å²) < 4.78 is 18.6. The van der Waals surface area contributed by atoms with E-state index < -0.39 is 0 Å². The lowest BCUT2D eigenvalue weighted by Gasteiger charge is -2.06. The van der Waals surface area contributed by atoms with Crippen LogP contribution >= 0.6 is 0 Å². The Morgan fingerprint density at radius 3 is 2.58 bits per heavy atom. The SMILES string of the molecule is NCC#Cc1ccc(OCc2cccc(F)c2)cc1. The second-order valence-corrected chi connectivity index (χ2v) is 3.95. The molecule has 0 aliphatic rings. The molecule has 0 aliphatic carbocycles. The third kappa shape index (κ3) is 4.13. The van der Waals surface area contributed by atoms with E-state index in [1.807, 2.05) is 30.3 Å². The van der Waals surface area contributed by atoms with Crippen LogP contribution in [0.1, 0.15) is 11.1 Å². The van der Waals surface area contributed by atoms with Gasteiger partial charge in [0, 0.05) is 5.56 Å². The fourth-order valence-corrected chi connectivity index (χ4v) is 1.58. The molecule has 2 N–H and O–H groups in total. The minimum absolute atomic E-state index is 0.256. The molecule has 0 spiro atoms. The average Bonchev–Trinajstić information content (AvgIpc) is 2.44. The molecule has 0 saturated heterocycles. The summed E-state index contributed by atoms with van der Waals surface area (Å²) in [6, 6.07) is 13.8. The van der Waals surface area contributed by atoms with Gasteiger partial charge in [0.15, 0.2) is 0 Å². The van der Waals surface area contributed by atoms with Crippen molar-refractivity contribution < 1.29 is 9.13 Å². The zero-order valence-electron chi connectivity index (χ0n) is 10.4. The number of hydrogen-bond donors (Lipinski definition) is 1. The Morgan fingerprint density at radius 1 is 1.11 bits per heavy atom. The van der Waals surface area contributed by atoms with E-state index >= 15 is 0 Å². The van der Waals surface area contributed by atoms with Crippen molar-refractivity contribution in [2.24, 2.45) is 5.73 Å². The van der Waals surface area contributed by atoms with Crippen LogP contribution in [0.2, 0.25) is 0 Å². The molecule has 96 valence electrons. The molecule has 0 amide bonds. The summed E-state index contributed by atoms with van der Waals surface area (Å²) in [5.74, 6) is 6.18. The van der Waals surface area contributed by atoms with Gasteiger partial charge in [0.1, 0.15) is 18.2 Å². The highest BCUT2D eigenvalue weighted by Crippen LogP contribution is 2.14. The quantitative estimate of drug-likeness (QED) is 0.856. The van der Waals surface area contributed by atoms with Crippen LogP contribution < -0.4 is 10.5 Å². The first-order valence-electron chi connectivity index (χ1n) is 5.94. The van der Waals surface area contributed by atoms with Crippen LogP contribution in [-0.4, -0.2) is 6.54 Å². The Morgan fingerprint density at radius 2 is 1.89 bits per heavy atom. The van der Waals surface area contributed by atoms with Gasteiger partial charge in [-0.15, -0.1) is 0 Å². The summed E-state index contributed by atoms with van der Waals surface area (Å²) in [6.45, 7) is 0.684. The minimum Gasteiger partial charge on any atom is -0.489 e. The van der Waals surface area contributed by atoms with Crippen molar-refractivity contribution in [1.82, 2.24) is 0 Å². The molecule has 2 aromatic rings. The summed E-state index contributed by atoms with van der Waals surface area (Å²) in [6.07, 6.45) is 0. The Bertz CT molecular complexity index is 596. The van der Waals surface area contributed by atoms with Crippen molar-refractivity contribution in [3.63, 3.8) is 0 Å². The largest absolute Gasteiger partial charge is 0.489 e. The smallest absolute Gasteiger partial charge is 0.123 e. The van der Waals surface area contributed by atoms with E-state index in [-0.39, 0.29) is 5.82 Å². The van der Waals surface area contributed by atoms with Gasteiger partial charge in [-0.2, -0.15) is 0 Å². The predicted molar refractivity (Wildman–Crippen MR) is 73.1 cm³/mol. The zero-order valence-corrected chi connectivity index (χ0v) is 10.4. The normalized spacial score (nSPS) is 9.58. The lowest BCUT2D eigenvalue weighted by atomic mass is 10.2. The van der Waals surface area contributed by atoms with E-state index in [1.165, 1.54) is 12.1 Å². The molecule has 2 rings (SSSR count). The first-order chi connectivity index (χ1) is 9.28. The number of benzene rings is 2. The van der Waals surface area contributed by atoms with E-state index in [4.69, 9.17) is 10.5 Å². The van der Waals surface area contributed by atoms with E-state index in [1.54, 1.807) is 6.07 Å². The Balaban J connectivity index is 1.96. The first kappa shape index (κ1) is 13.1. The van der Waals surface area contributed by atoms with E-state index in [2.05, 4.69) is 11.8 Å². The van der Waals surface area contributed by atoms with Gasteiger partial charge in [0.2, 0.25) is 0 Å². The summed E-state index contributed by atoms with van der Waals surface area (Å²) in [4.78, 5) is 0. The molecule has 0 aromatic heterocycles. The lowest BCUT2D eigenvalue weighted by molar-refractivity contribution is 0.305. The van der Waals surface area contributed by atoms with Crippen LogP contribution in [-0.2, 0) is 6.61 Å². The second kappa shape index (κ2) is 6.58. The highest BCUT2D eigenvalue weighted by molar-refractivity contribution is 5.38. The van der Waals surface area contributed by atoms with Gasteiger partial charge in [-0.3, -0.25) is 0 Å². The standard InChI is InChI=1S/C16H14FNO/c17-15-5-1-3-14(11-15)12-19-16-8-6-13(7-9-16)4-2-10-18/h1,3,5-9,11H,10,12,18H2. The van der Waals surface area contributed by atoms with E-state index in [9.17, 15) is 4.39 Å². The number of halogens is 1. The van der Waals surface area contributed by atoms with Crippen LogP contribution in [0.25, 0.3) is 0 Å². The van der Waals surface area contributed by atoms with Crippen molar-refractivity contribution >= 4 is 0 Å². The van der Waals surface area contributed by atoms with Crippen LogP contribution in [0.3, 0.4) is 0 Å². The lowest BCUT2D eigenvalue weighted by Crippen LogP contribution is -1.96. The minimum atomic E-state index is -0.256. The number of nitrogens with two attached hydrogens (primary N) is 1. The average molecular weight is 255 g/mol. The van der Waals surface area contributed by atoms with Gasteiger partial charge >= 0.3 is 0 Å². The molecule has 0 radical (unpaired) electrons. The maximum atomic E-state index is 13.0. The Kier molecular flexibility index (Phi) is 4.54. The molecule has 0 atom stereocenters. The molecule has 0 heterocycles. The van der Waals surface area contributed by atoms with Gasteiger partial charge in [0.05, 0.1) is 6.54 Å². The molecule has 0 saturated carbocycles. The number of hydrogen-bond acceptors (Lipinski definition) is 2. The van der Waals surface area contributed by atoms with E-state index in [0.29, 0.717) is 13.2 Å². The molecule has 2 nitrogen and oxygen atoms in total. The predicted octanol–water partition coefficient (Wildman–Crippen LogP) is 2.71. The van der Waals surface area contributed by atoms with Crippen molar-refractivity contribution in [1.29, 1.82) is 0 Å². The molecule has 0 unspecified atom stereocenters. The molecule has 0 bridgehead atoms. The molecular formula is C16H14FNO. The molecule has 0 aliphatic heterocycles. The summed E-state index contributed by atoms with van der Waals surface area (Å²) >= 11 is 0. The summed E-state index contributed by atoms with van der Waals surface area (Å²) in [5, 5.41) is 0. The number of ether oxygens (including phenoxy) is 1. The first-order valence-corrected chi connectivity index (χ1v) is 5.94. The molecule has 0 fully saturated rings. The molecule has 2 aromatic carbocycles. The monoisotopic (exact) mass is 255 g/mol. The van der Waals surface area contributed by atoms with Crippen LogP contribution in [0.4, 0.5) is 4.39 Å². The van der Waals surface area contributed by atoms with Crippen molar-refractivity contribution in [2.45, 2.75) is 6.61 Å². The fourth-order valence-electron chi connectivity index (χ4n) is 1.58. The zero-order chi connectivity index (χ0) is 13.5. The van der Waals surface area contributed by atoms with Gasteiger partial charge in [-0.05, 0) is 42.0 Å². The molecular weight excluding hydrogens is 241 g/mol. The van der Waals surface area contributed by atoms with Crippen LogP contribution in [0.5, 0.6) is 5.75 Å². The fraction of sp³-hybridized carbons (Fsp3) is 0.125. The highest BCUT2D eigenvalue weighted by atomic mass is 19.1. The van der Waals surface area contributed by atoms with Crippen molar-refractivity contribution in [2.75, 3.05) is 6.54 Å². The third-order valence-electron chi connectivity index (χ3n) is 2.48. The Labute approximate surface area is 112 Å². The Hall–Kier alpha value is -2.31. The van der Waals surface area contributed by atoms with Crippen molar-refractivity contribution in [3.8, 4) is 17.6 Å². The second-order valence-electron chi connectivity index (χ2n) is 3.95. The van der Waals surface area contributed by atoms with Gasteiger partial charge in [-0.25, -0.2) is 4.39 Å². The topological polar surface area (TPSA) is 35.2 Å². The number of rotatable bonds is 3. The highest BCUT2D eigenvalue weighted by Gasteiger charge is 1.97. The van der Waals surface area contributed by atoms with Gasteiger partial charge in [0.25, 0.3) is 0 Å². The van der Waals surface area contributed by atoms with Gasteiger partial charge in [-0.1, -0.05) is 24.0 Å².